The molecule has 4 heteroatoms. The Morgan fingerprint density at radius 3 is 2.43 bits per heavy atom. The van der Waals surface area contributed by atoms with Gasteiger partial charge < -0.3 is 0 Å². The van der Waals surface area contributed by atoms with Crippen molar-refractivity contribution in [3.8, 4) is 0 Å². The Labute approximate surface area is 129 Å². The van der Waals surface area contributed by atoms with E-state index in [1.807, 2.05) is 18.2 Å². The molecule has 0 atom stereocenters. The minimum absolute atomic E-state index is 0.238. The van der Waals surface area contributed by atoms with Crippen molar-refractivity contribution in [2.24, 2.45) is 5.84 Å². The van der Waals surface area contributed by atoms with Crippen LogP contribution in [0.2, 0.25) is 0 Å². The second-order valence-corrected chi connectivity index (χ2v) is 6.10. The Bertz CT molecular complexity index is 620. The Hall–Kier alpha value is -1.78. The molecule has 0 aromatic heterocycles. The zero-order chi connectivity index (χ0) is 15.2. The number of carbonyl (C=O) groups is 1. The van der Waals surface area contributed by atoms with E-state index in [0.717, 1.165) is 17.1 Å². The maximum atomic E-state index is 11.7. The van der Waals surface area contributed by atoms with E-state index in [4.69, 9.17) is 5.84 Å². The first-order valence-electron chi connectivity index (χ1n) is 6.84. The van der Waals surface area contributed by atoms with Gasteiger partial charge in [0.05, 0.1) is 0 Å². The number of thioether (sulfide) groups is 1. The summed E-state index contributed by atoms with van der Waals surface area (Å²) in [5.74, 6) is 6.70. The molecule has 0 heterocycles. The lowest BCUT2D eigenvalue weighted by Gasteiger charge is -2.09. The molecule has 0 aliphatic rings. The Kier molecular flexibility index (Phi) is 5.42. The number of amides is 1. The Balaban J connectivity index is 2.02. The van der Waals surface area contributed by atoms with Crippen molar-refractivity contribution in [1.82, 2.24) is 5.43 Å². The number of nitrogens with one attached hydrogen (secondary N) is 1. The maximum Gasteiger partial charge on any atom is 0.265 e. The van der Waals surface area contributed by atoms with Gasteiger partial charge in [0.2, 0.25) is 0 Å². The van der Waals surface area contributed by atoms with E-state index >= 15 is 0 Å². The van der Waals surface area contributed by atoms with E-state index in [1.54, 1.807) is 17.8 Å². The quantitative estimate of drug-likeness (QED) is 0.506. The molecule has 0 fully saturated rings. The summed E-state index contributed by atoms with van der Waals surface area (Å²) in [6.45, 7) is 4.23. The van der Waals surface area contributed by atoms with Crippen molar-refractivity contribution < 1.29 is 4.79 Å². The van der Waals surface area contributed by atoms with Gasteiger partial charge in [0.25, 0.3) is 5.91 Å². The van der Waals surface area contributed by atoms with Crippen LogP contribution >= 0.6 is 11.8 Å². The van der Waals surface area contributed by atoms with Crippen LogP contribution in [0.15, 0.2) is 42.5 Å². The lowest BCUT2D eigenvalue weighted by atomic mass is 10.1. The molecule has 0 bridgehead atoms. The van der Waals surface area contributed by atoms with Gasteiger partial charge in [-0.15, -0.1) is 0 Å². The normalized spacial score (nSPS) is 10.4. The molecule has 2 aromatic carbocycles. The van der Waals surface area contributed by atoms with Crippen LogP contribution in [0.3, 0.4) is 0 Å². The molecule has 2 aromatic rings. The molecule has 110 valence electrons. The molecule has 0 unspecified atom stereocenters. The number of nitrogens with two attached hydrogens (primary N) is 1. The minimum atomic E-state index is -0.238. The number of hydrazine groups is 1. The lowest BCUT2D eigenvalue weighted by molar-refractivity contribution is 0.0953. The summed E-state index contributed by atoms with van der Waals surface area (Å²) in [4.78, 5) is 11.7. The van der Waals surface area contributed by atoms with Gasteiger partial charge in [-0.1, -0.05) is 47.5 Å². The molecule has 21 heavy (non-hydrogen) atoms. The molecule has 1 amide bonds. The number of rotatable bonds is 5. The van der Waals surface area contributed by atoms with Crippen LogP contribution < -0.4 is 11.3 Å². The van der Waals surface area contributed by atoms with Gasteiger partial charge in [-0.2, -0.15) is 11.8 Å². The van der Waals surface area contributed by atoms with Crippen LogP contribution in [0.5, 0.6) is 0 Å². The third-order valence-corrected chi connectivity index (χ3v) is 4.25. The predicted molar refractivity (Wildman–Crippen MR) is 89.0 cm³/mol. The molecular formula is C17H20N2OS. The average molecular weight is 300 g/mol. The molecule has 2 rings (SSSR count). The fourth-order valence-electron chi connectivity index (χ4n) is 2.38. The number of carbonyl (C=O) groups excluding carboxylic acids is 1. The van der Waals surface area contributed by atoms with Gasteiger partial charge in [0.15, 0.2) is 0 Å². The van der Waals surface area contributed by atoms with Crippen LogP contribution in [0, 0.1) is 13.8 Å². The molecule has 0 saturated heterocycles. The molecule has 0 saturated carbocycles. The highest BCUT2D eigenvalue weighted by Crippen LogP contribution is 2.21. The summed E-state index contributed by atoms with van der Waals surface area (Å²) < 4.78 is 0. The fraction of sp³-hybridized carbons (Fsp3) is 0.235. The summed E-state index contributed by atoms with van der Waals surface area (Å²) in [5, 5.41) is 0. The summed E-state index contributed by atoms with van der Waals surface area (Å²) >= 11 is 1.80. The van der Waals surface area contributed by atoms with Crippen molar-refractivity contribution in [2.45, 2.75) is 25.4 Å². The van der Waals surface area contributed by atoms with E-state index in [1.165, 1.54) is 16.7 Å². The highest BCUT2D eigenvalue weighted by Gasteiger charge is 2.09. The number of aryl methyl sites for hydroxylation is 2. The fourth-order valence-corrected chi connectivity index (χ4v) is 3.35. The first-order valence-corrected chi connectivity index (χ1v) is 7.99. The summed E-state index contributed by atoms with van der Waals surface area (Å²) in [6, 6.07) is 14.2. The van der Waals surface area contributed by atoms with E-state index in [2.05, 4.69) is 37.5 Å². The number of nitrogen functional groups attached to an aromatic ring is 1. The minimum Gasteiger partial charge on any atom is -0.290 e. The van der Waals surface area contributed by atoms with Crippen LogP contribution in [-0.4, -0.2) is 5.91 Å². The monoisotopic (exact) mass is 300 g/mol. The van der Waals surface area contributed by atoms with Gasteiger partial charge in [-0.05, 0) is 31.0 Å². The highest BCUT2D eigenvalue weighted by molar-refractivity contribution is 7.97. The third kappa shape index (κ3) is 4.34. The van der Waals surface area contributed by atoms with E-state index < -0.39 is 0 Å². The molecule has 3 nitrogen and oxygen atoms in total. The standard InChI is InChI=1S/C17H20N2OS/c1-12-7-13(2)9-14(8-12)10-21-11-15-5-3-4-6-16(15)17(20)19-18/h3-9H,10-11,18H2,1-2H3,(H,19,20). The summed E-state index contributed by atoms with van der Waals surface area (Å²) in [7, 11) is 0. The van der Waals surface area contributed by atoms with Crippen LogP contribution in [0.25, 0.3) is 0 Å². The second-order valence-electron chi connectivity index (χ2n) is 5.12. The van der Waals surface area contributed by atoms with Crippen molar-refractivity contribution in [3.63, 3.8) is 0 Å². The molecule has 0 aliphatic carbocycles. The number of hydrogen-bond donors (Lipinski definition) is 2. The second kappa shape index (κ2) is 7.29. The first kappa shape index (κ1) is 15.6. The van der Waals surface area contributed by atoms with Crippen LogP contribution in [0.1, 0.15) is 32.6 Å². The smallest absolute Gasteiger partial charge is 0.265 e. The van der Waals surface area contributed by atoms with Crippen LogP contribution in [-0.2, 0) is 11.5 Å². The number of hydrogen-bond acceptors (Lipinski definition) is 3. The predicted octanol–water partition coefficient (Wildman–Crippen LogP) is 3.34. The topological polar surface area (TPSA) is 55.1 Å². The van der Waals surface area contributed by atoms with Crippen molar-refractivity contribution >= 4 is 17.7 Å². The zero-order valence-electron chi connectivity index (χ0n) is 12.3. The maximum absolute atomic E-state index is 11.7. The molecule has 0 radical (unpaired) electrons. The zero-order valence-corrected chi connectivity index (χ0v) is 13.2. The van der Waals surface area contributed by atoms with E-state index in [-0.39, 0.29) is 5.91 Å². The van der Waals surface area contributed by atoms with Gasteiger partial charge in [-0.3, -0.25) is 10.2 Å². The molecule has 0 aliphatic heterocycles. The van der Waals surface area contributed by atoms with Gasteiger partial charge in [0, 0.05) is 17.1 Å². The van der Waals surface area contributed by atoms with Crippen LogP contribution in [0.4, 0.5) is 0 Å². The highest BCUT2D eigenvalue weighted by atomic mass is 32.2. The lowest BCUT2D eigenvalue weighted by Crippen LogP contribution is -2.30. The van der Waals surface area contributed by atoms with E-state index in [0.29, 0.717) is 5.56 Å². The van der Waals surface area contributed by atoms with Gasteiger partial charge in [-0.25, -0.2) is 5.84 Å². The van der Waals surface area contributed by atoms with Crippen molar-refractivity contribution in [2.75, 3.05) is 0 Å². The van der Waals surface area contributed by atoms with Crippen molar-refractivity contribution in [1.29, 1.82) is 0 Å². The van der Waals surface area contributed by atoms with Crippen molar-refractivity contribution in [3.05, 3.63) is 70.3 Å². The van der Waals surface area contributed by atoms with Gasteiger partial charge >= 0.3 is 0 Å². The summed E-state index contributed by atoms with van der Waals surface area (Å²) in [6.07, 6.45) is 0. The molecule has 3 N–H and O–H groups in total. The largest absolute Gasteiger partial charge is 0.290 e. The molecule has 0 spiro atoms. The first-order chi connectivity index (χ1) is 10.1. The third-order valence-electron chi connectivity index (χ3n) is 3.20. The SMILES string of the molecule is Cc1cc(C)cc(CSCc2ccccc2C(=O)NN)c1. The van der Waals surface area contributed by atoms with Gasteiger partial charge in [0.1, 0.15) is 0 Å². The van der Waals surface area contributed by atoms with E-state index in [9.17, 15) is 4.79 Å². The average Bonchev–Trinajstić information content (AvgIpc) is 2.46. The number of benzene rings is 2. The Morgan fingerprint density at radius 1 is 1.10 bits per heavy atom. The molecular weight excluding hydrogens is 280 g/mol. The summed E-state index contributed by atoms with van der Waals surface area (Å²) in [5.41, 5.74) is 7.74. The Morgan fingerprint density at radius 2 is 1.76 bits per heavy atom.